The quantitative estimate of drug-likeness (QED) is 0.327. The van der Waals surface area contributed by atoms with Gasteiger partial charge in [0.05, 0.1) is 12.3 Å². The van der Waals surface area contributed by atoms with Gasteiger partial charge in [0.15, 0.2) is 5.69 Å². The van der Waals surface area contributed by atoms with Crippen LogP contribution < -0.4 is 0 Å². The Bertz CT molecular complexity index is 1040. The van der Waals surface area contributed by atoms with Gasteiger partial charge in [-0.3, -0.25) is 4.98 Å². The second kappa shape index (κ2) is 4.98. The lowest BCUT2D eigenvalue weighted by Gasteiger charge is -2.09. The van der Waals surface area contributed by atoms with Crippen molar-refractivity contribution in [3.8, 4) is 11.3 Å². The molecule has 22 heavy (non-hydrogen) atoms. The predicted octanol–water partition coefficient (Wildman–Crippen LogP) is 5.61. The van der Waals surface area contributed by atoms with Gasteiger partial charge in [-0.15, -0.1) is 0 Å². The highest BCUT2D eigenvalue weighted by Gasteiger charge is 2.08. The lowest BCUT2D eigenvalue weighted by Crippen LogP contribution is -1.87. The summed E-state index contributed by atoms with van der Waals surface area (Å²) >= 11 is 0. The molecular formula is C20H12N2. The summed E-state index contributed by atoms with van der Waals surface area (Å²) in [7, 11) is 0. The maximum Gasteiger partial charge on any atom is 0.187 e. The first-order chi connectivity index (χ1) is 10.9. The van der Waals surface area contributed by atoms with Crippen LogP contribution in [0.3, 0.4) is 0 Å². The van der Waals surface area contributed by atoms with E-state index in [1.165, 1.54) is 16.2 Å². The van der Waals surface area contributed by atoms with Crippen LogP contribution >= 0.6 is 0 Å². The van der Waals surface area contributed by atoms with Crippen molar-refractivity contribution in [2.45, 2.75) is 0 Å². The van der Waals surface area contributed by atoms with Crippen LogP contribution in [0.15, 0.2) is 72.9 Å². The molecule has 0 radical (unpaired) electrons. The van der Waals surface area contributed by atoms with E-state index in [1.807, 2.05) is 30.5 Å². The first-order valence-electron chi connectivity index (χ1n) is 7.11. The van der Waals surface area contributed by atoms with E-state index in [4.69, 9.17) is 6.57 Å². The van der Waals surface area contributed by atoms with Gasteiger partial charge < -0.3 is 0 Å². The van der Waals surface area contributed by atoms with Crippen molar-refractivity contribution in [3.05, 3.63) is 84.3 Å². The monoisotopic (exact) mass is 280 g/mol. The third-order valence-electron chi connectivity index (χ3n) is 3.92. The standard InChI is InChI=1S/C20H12N2/c1-21-16-7-4-6-15(13-16)20-19-10-9-14-5-2-3-8-17(14)18(19)11-12-22-20/h2-13H. The summed E-state index contributed by atoms with van der Waals surface area (Å²) in [5.74, 6) is 0. The van der Waals surface area contributed by atoms with Crippen LogP contribution in [0.1, 0.15) is 0 Å². The van der Waals surface area contributed by atoms with Gasteiger partial charge in [0.1, 0.15) is 0 Å². The Morgan fingerprint density at radius 1 is 0.773 bits per heavy atom. The molecule has 102 valence electrons. The van der Waals surface area contributed by atoms with E-state index >= 15 is 0 Å². The smallest absolute Gasteiger partial charge is 0.187 e. The van der Waals surface area contributed by atoms with Crippen molar-refractivity contribution in [1.29, 1.82) is 0 Å². The fourth-order valence-electron chi connectivity index (χ4n) is 2.89. The Morgan fingerprint density at radius 3 is 2.59 bits per heavy atom. The highest BCUT2D eigenvalue weighted by Crippen LogP contribution is 2.32. The molecule has 0 saturated heterocycles. The topological polar surface area (TPSA) is 17.2 Å². The SMILES string of the molecule is [C-]#[N+]c1cccc(-c2nccc3c2ccc2ccccc23)c1. The Balaban J connectivity index is 2.07. The molecule has 0 bridgehead atoms. The molecule has 3 aromatic carbocycles. The highest BCUT2D eigenvalue weighted by molar-refractivity contribution is 6.11. The molecule has 0 aliphatic heterocycles. The minimum Gasteiger partial charge on any atom is -0.256 e. The minimum atomic E-state index is 0.636. The Labute approximate surface area is 128 Å². The van der Waals surface area contributed by atoms with Gasteiger partial charge in [-0.05, 0) is 33.9 Å². The zero-order valence-electron chi connectivity index (χ0n) is 11.8. The predicted molar refractivity (Wildman–Crippen MR) is 90.9 cm³/mol. The summed E-state index contributed by atoms with van der Waals surface area (Å²) in [5, 5.41) is 4.76. The lowest BCUT2D eigenvalue weighted by molar-refractivity contribution is 1.36. The van der Waals surface area contributed by atoms with Crippen molar-refractivity contribution in [1.82, 2.24) is 4.98 Å². The van der Waals surface area contributed by atoms with E-state index in [0.29, 0.717) is 5.69 Å². The molecule has 0 atom stereocenters. The van der Waals surface area contributed by atoms with E-state index in [2.05, 4.69) is 52.3 Å². The molecule has 1 heterocycles. The number of fused-ring (bicyclic) bond motifs is 3. The first-order valence-corrected chi connectivity index (χ1v) is 7.11. The van der Waals surface area contributed by atoms with Crippen LogP contribution in [0.4, 0.5) is 5.69 Å². The molecule has 0 fully saturated rings. The maximum atomic E-state index is 7.18. The second-order valence-corrected chi connectivity index (χ2v) is 5.20. The van der Waals surface area contributed by atoms with Crippen LogP contribution in [0.25, 0.3) is 37.6 Å². The zero-order chi connectivity index (χ0) is 14.9. The van der Waals surface area contributed by atoms with Crippen LogP contribution in [0.2, 0.25) is 0 Å². The van der Waals surface area contributed by atoms with Gasteiger partial charge in [-0.25, -0.2) is 4.85 Å². The summed E-state index contributed by atoms with van der Waals surface area (Å²) in [6.45, 7) is 7.18. The van der Waals surface area contributed by atoms with Gasteiger partial charge in [0.2, 0.25) is 0 Å². The molecule has 0 N–H and O–H groups in total. The molecular weight excluding hydrogens is 268 g/mol. The molecule has 2 heteroatoms. The van der Waals surface area contributed by atoms with Crippen LogP contribution in [0, 0.1) is 6.57 Å². The molecule has 1 aromatic heterocycles. The largest absolute Gasteiger partial charge is 0.256 e. The average Bonchev–Trinajstić information content (AvgIpc) is 2.61. The Kier molecular flexibility index (Phi) is 2.84. The molecule has 0 aliphatic carbocycles. The maximum absolute atomic E-state index is 7.18. The molecule has 4 aromatic rings. The fraction of sp³-hybridized carbons (Fsp3) is 0. The third-order valence-corrected chi connectivity index (χ3v) is 3.92. The van der Waals surface area contributed by atoms with E-state index in [9.17, 15) is 0 Å². The van der Waals surface area contributed by atoms with E-state index in [-0.39, 0.29) is 0 Å². The van der Waals surface area contributed by atoms with Crippen molar-refractivity contribution in [2.75, 3.05) is 0 Å². The number of pyridine rings is 1. The number of benzene rings is 3. The number of hydrogen-bond donors (Lipinski definition) is 0. The van der Waals surface area contributed by atoms with E-state index in [0.717, 1.165) is 16.6 Å². The van der Waals surface area contributed by atoms with Crippen molar-refractivity contribution >= 4 is 27.2 Å². The summed E-state index contributed by atoms with van der Waals surface area (Å²) < 4.78 is 0. The second-order valence-electron chi connectivity index (χ2n) is 5.20. The molecule has 0 saturated carbocycles. The number of hydrogen-bond acceptors (Lipinski definition) is 1. The molecule has 0 amide bonds. The van der Waals surface area contributed by atoms with Gasteiger partial charge in [0, 0.05) is 11.6 Å². The summed E-state index contributed by atoms with van der Waals surface area (Å²) in [5.41, 5.74) is 2.54. The number of aromatic nitrogens is 1. The van der Waals surface area contributed by atoms with Crippen LogP contribution in [-0.4, -0.2) is 4.98 Å². The van der Waals surface area contributed by atoms with Crippen molar-refractivity contribution in [3.63, 3.8) is 0 Å². The van der Waals surface area contributed by atoms with Crippen molar-refractivity contribution < 1.29 is 0 Å². The Hall–Kier alpha value is -3.18. The third kappa shape index (κ3) is 1.92. The Morgan fingerprint density at radius 2 is 1.68 bits per heavy atom. The normalized spacial score (nSPS) is 10.7. The number of rotatable bonds is 1. The zero-order valence-corrected chi connectivity index (χ0v) is 11.8. The van der Waals surface area contributed by atoms with Crippen LogP contribution in [0.5, 0.6) is 0 Å². The first kappa shape index (κ1) is 12.6. The van der Waals surface area contributed by atoms with Gasteiger partial charge >= 0.3 is 0 Å². The van der Waals surface area contributed by atoms with Crippen molar-refractivity contribution in [2.24, 2.45) is 0 Å². The molecule has 0 spiro atoms. The van der Waals surface area contributed by atoms with Crippen LogP contribution in [-0.2, 0) is 0 Å². The van der Waals surface area contributed by atoms with Gasteiger partial charge in [-0.2, -0.15) is 0 Å². The minimum absolute atomic E-state index is 0.636. The molecule has 0 aliphatic rings. The summed E-state index contributed by atoms with van der Waals surface area (Å²) in [6, 6.07) is 22.3. The summed E-state index contributed by atoms with van der Waals surface area (Å²) in [6.07, 6.45) is 1.84. The molecule has 2 nitrogen and oxygen atoms in total. The highest BCUT2D eigenvalue weighted by atomic mass is 14.7. The summed E-state index contributed by atoms with van der Waals surface area (Å²) in [4.78, 5) is 8.07. The van der Waals surface area contributed by atoms with Gasteiger partial charge in [-0.1, -0.05) is 54.6 Å². The fourth-order valence-corrected chi connectivity index (χ4v) is 2.89. The van der Waals surface area contributed by atoms with E-state index < -0.39 is 0 Å². The molecule has 0 unspecified atom stereocenters. The lowest BCUT2D eigenvalue weighted by atomic mass is 9.99. The number of nitrogens with zero attached hydrogens (tertiary/aromatic N) is 2. The van der Waals surface area contributed by atoms with Gasteiger partial charge in [0.25, 0.3) is 0 Å². The van der Waals surface area contributed by atoms with E-state index in [1.54, 1.807) is 0 Å². The molecule has 4 rings (SSSR count). The average molecular weight is 280 g/mol.